The van der Waals surface area contributed by atoms with Crippen LogP contribution >= 0.6 is 0 Å². The van der Waals surface area contributed by atoms with Crippen LogP contribution in [-0.2, 0) is 16.4 Å². The summed E-state index contributed by atoms with van der Waals surface area (Å²) < 4.78 is 27.0. The average Bonchev–Trinajstić information content (AvgIpc) is 2.48. The highest BCUT2D eigenvalue weighted by Gasteiger charge is 2.37. The molecular weight excluding hydrogens is 326 g/mol. The van der Waals surface area contributed by atoms with Crippen LogP contribution in [0.3, 0.4) is 0 Å². The standard InChI is InChI=1S/C18H23NO4S/c1-17(2,20)18(3,21)13-14-9-11-15(12-10-14)19-24(22,23)16-7-5-4-6-8-16/h4-12,19-21H,13H2,1-3H3. The molecule has 0 bridgehead atoms. The van der Waals surface area contributed by atoms with E-state index in [0.717, 1.165) is 5.56 Å². The maximum absolute atomic E-state index is 12.3. The summed E-state index contributed by atoms with van der Waals surface area (Å²) in [6.45, 7) is 4.67. The molecule has 3 N–H and O–H groups in total. The Morgan fingerprint density at radius 2 is 1.46 bits per heavy atom. The van der Waals surface area contributed by atoms with E-state index < -0.39 is 21.2 Å². The van der Waals surface area contributed by atoms with Crippen molar-refractivity contribution in [3.8, 4) is 0 Å². The van der Waals surface area contributed by atoms with Gasteiger partial charge in [-0.3, -0.25) is 4.72 Å². The molecule has 0 heterocycles. The fraction of sp³-hybridized carbons (Fsp3) is 0.333. The normalized spacial score (nSPS) is 14.9. The molecule has 2 rings (SSSR count). The van der Waals surface area contributed by atoms with Crippen LogP contribution in [0.2, 0.25) is 0 Å². The van der Waals surface area contributed by atoms with Gasteiger partial charge in [0.15, 0.2) is 0 Å². The second-order valence-electron chi connectivity index (χ2n) is 6.63. The van der Waals surface area contributed by atoms with E-state index >= 15 is 0 Å². The third kappa shape index (κ3) is 4.35. The van der Waals surface area contributed by atoms with Crippen molar-refractivity contribution in [2.24, 2.45) is 0 Å². The van der Waals surface area contributed by atoms with Gasteiger partial charge in [-0.2, -0.15) is 0 Å². The van der Waals surface area contributed by atoms with E-state index in [1.165, 1.54) is 12.1 Å². The second-order valence-corrected chi connectivity index (χ2v) is 8.31. The van der Waals surface area contributed by atoms with Crippen molar-refractivity contribution in [3.05, 3.63) is 60.2 Å². The van der Waals surface area contributed by atoms with Gasteiger partial charge in [-0.15, -0.1) is 0 Å². The first-order valence-corrected chi connectivity index (χ1v) is 9.11. The lowest BCUT2D eigenvalue weighted by Gasteiger charge is -2.35. The van der Waals surface area contributed by atoms with Gasteiger partial charge in [0.2, 0.25) is 0 Å². The van der Waals surface area contributed by atoms with Crippen LogP contribution in [0, 0.1) is 0 Å². The molecule has 0 amide bonds. The number of sulfonamides is 1. The Labute approximate surface area is 143 Å². The lowest BCUT2D eigenvalue weighted by Crippen LogP contribution is -2.49. The smallest absolute Gasteiger partial charge is 0.261 e. The van der Waals surface area contributed by atoms with Crippen molar-refractivity contribution in [2.45, 2.75) is 43.3 Å². The molecule has 0 radical (unpaired) electrons. The topological polar surface area (TPSA) is 86.6 Å². The van der Waals surface area contributed by atoms with Crippen molar-refractivity contribution in [2.75, 3.05) is 4.72 Å². The number of benzene rings is 2. The van der Waals surface area contributed by atoms with E-state index in [-0.39, 0.29) is 11.3 Å². The minimum absolute atomic E-state index is 0.194. The minimum atomic E-state index is -3.62. The van der Waals surface area contributed by atoms with Crippen LogP contribution < -0.4 is 4.72 Å². The number of nitrogens with one attached hydrogen (secondary N) is 1. The Hall–Kier alpha value is -1.89. The van der Waals surface area contributed by atoms with Gasteiger partial charge < -0.3 is 10.2 Å². The molecule has 0 aliphatic carbocycles. The molecule has 0 saturated carbocycles. The molecule has 130 valence electrons. The average molecular weight is 349 g/mol. The lowest BCUT2D eigenvalue weighted by molar-refractivity contribution is -0.118. The molecule has 6 heteroatoms. The van der Waals surface area contributed by atoms with Gasteiger partial charge in [0.25, 0.3) is 10.0 Å². The van der Waals surface area contributed by atoms with Crippen molar-refractivity contribution in [3.63, 3.8) is 0 Å². The number of hydrogen-bond acceptors (Lipinski definition) is 4. The van der Waals surface area contributed by atoms with E-state index in [0.29, 0.717) is 5.69 Å². The Bertz CT molecular complexity index is 776. The molecule has 0 fully saturated rings. The van der Waals surface area contributed by atoms with Gasteiger partial charge >= 0.3 is 0 Å². The molecule has 5 nitrogen and oxygen atoms in total. The number of anilines is 1. The van der Waals surface area contributed by atoms with Gasteiger partial charge in [0.1, 0.15) is 0 Å². The summed E-state index contributed by atoms with van der Waals surface area (Å²) in [7, 11) is -3.62. The fourth-order valence-corrected chi connectivity index (χ4v) is 3.20. The van der Waals surface area contributed by atoms with E-state index in [4.69, 9.17) is 0 Å². The van der Waals surface area contributed by atoms with Crippen molar-refractivity contribution >= 4 is 15.7 Å². The highest BCUT2D eigenvalue weighted by Crippen LogP contribution is 2.26. The zero-order valence-corrected chi connectivity index (χ0v) is 14.8. The third-order valence-electron chi connectivity index (χ3n) is 4.13. The Morgan fingerprint density at radius 1 is 0.917 bits per heavy atom. The van der Waals surface area contributed by atoms with Crippen LogP contribution in [0.5, 0.6) is 0 Å². The summed E-state index contributed by atoms with van der Waals surface area (Å²) >= 11 is 0. The lowest BCUT2D eigenvalue weighted by atomic mass is 9.82. The van der Waals surface area contributed by atoms with Crippen molar-refractivity contribution in [1.82, 2.24) is 0 Å². The Morgan fingerprint density at radius 3 is 1.96 bits per heavy atom. The molecule has 1 unspecified atom stereocenters. The largest absolute Gasteiger partial charge is 0.387 e. The van der Waals surface area contributed by atoms with Gasteiger partial charge in [-0.05, 0) is 50.6 Å². The molecule has 0 aliphatic rings. The summed E-state index contributed by atoms with van der Waals surface area (Å²) in [5.41, 5.74) is -1.31. The van der Waals surface area contributed by atoms with Crippen LogP contribution in [0.25, 0.3) is 0 Å². The molecule has 0 saturated heterocycles. The zero-order valence-electron chi connectivity index (χ0n) is 14.0. The summed E-state index contributed by atoms with van der Waals surface area (Å²) in [4.78, 5) is 0.194. The third-order valence-corrected chi connectivity index (χ3v) is 5.52. The van der Waals surface area contributed by atoms with Crippen LogP contribution in [0.4, 0.5) is 5.69 Å². The van der Waals surface area contributed by atoms with Gasteiger partial charge in [-0.25, -0.2) is 8.42 Å². The molecule has 2 aromatic rings. The minimum Gasteiger partial charge on any atom is -0.387 e. The molecular formula is C18H23NO4S. The Kier molecular flexibility index (Phi) is 5.03. The molecule has 0 spiro atoms. The molecule has 2 aromatic carbocycles. The highest BCUT2D eigenvalue weighted by molar-refractivity contribution is 7.92. The van der Waals surface area contributed by atoms with Crippen molar-refractivity contribution < 1.29 is 18.6 Å². The summed E-state index contributed by atoms with van der Waals surface area (Å²) in [5, 5.41) is 20.3. The predicted octanol–water partition coefficient (Wildman–Crippen LogP) is 2.55. The highest BCUT2D eigenvalue weighted by atomic mass is 32.2. The maximum Gasteiger partial charge on any atom is 0.261 e. The Balaban J connectivity index is 2.13. The molecule has 0 aliphatic heterocycles. The van der Waals surface area contributed by atoms with Crippen LogP contribution in [0.15, 0.2) is 59.5 Å². The molecule has 24 heavy (non-hydrogen) atoms. The quantitative estimate of drug-likeness (QED) is 0.748. The number of hydrogen-bond donors (Lipinski definition) is 3. The summed E-state index contributed by atoms with van der Waals surface area (Å²) in [6, 6.07) is 14.8. The van der Waals surface area contributed by atoms with E-state index in [9.17, 15) is 18.6 Å². The van der Waals surface area contributed by atoms with Crippen LogP contribution in [-0.4, -0.2) is 29.8 Å². The van der Waals surface area contributed by atoms with Crippen LogP contribution in [0.1, 0.15) is 26.3 Å². The maximum atomic E-state index is 12.3. The summed E-state index contributed by atoms with van der Waals surface area (Å²) in [6.07, 6.45) is 0.252. The first kappa shape index (κ1) is 18.4. The fourth-order valence-electron chi connectivity index (χ4n) is 2.12. The monoisotopic (exact) mass is 349 g/mol. The molecule has 1 atom stereocenters. The van der Waals surface area contributed by atoms with E-state index in [2.05, 4.69) is 4.72 Å². The van der Waals surface area contributed by atoms with Gasteiger partial charge in [-0.1, -0.05) is 30.3 Å². The van der Waals surface area contributed by atoms with E-state index in [1.54, 1.807) is 63.2 Å². The first-order valence-electron chi connectivity index (χ1n) is 7.63. The van der Waals surface area contributed by atoms with Gasteiger partial charge in [0, 0.05) is 12.1 Å². The zero-order chi connectivity index (χ0) is 18.0. The summed E-state index contributed by atoms with van der Waals surface area (Å²) in [5.74, 6) is 0. The number of rotatable bonds is 6. The second kappa shape index (κ2) is 6.55. The van der Waals surface area contributed by atoms with Crippen molar-refractivity contribution in [1.29, 1.82) is 0 Å². The number of aliphatic hydroxyl groups is 2. The SMILES string of the molecule is CC(C)(O)C(C)(O)Cc1ccc(NS(=O)(=O)c2ccccc2)cc1. The first-order chi connectivity index (χ1) is 11.0. The van der Waals surface area contributed by atoms with Gasteiger partial charge in [0.05, 0.1) is 16.1 Å². The van der Waals surface area contributed by atoms with E-state index in [1.807, 2.05) is 0 Å². The molecule has 0 aromatic heterocycles. The predicted molar refractivity (Wildman–Crippen MR) is 94.3 cm³/mol.